The lowest BCUT2D eigenvalue weighted by Gasteiger charge is -2.03. The number of rotatable bonds is 1. The van der Waals surface area contributed by atoms with Crippen LogP contribution in [0, 0.1) is 6.92 Å². The second kappa shape index (κ2) is 3.69. The molecule has 0 unspecified atom stereocenters. The largest absolute Gasteiger partial charge is 0.493 e. The molecule has 82 valence electrons. The van der Waals surface area contributed by atoms with Crippen LogP contribution >= 0.6 is 0 Å². The monoisotopic (exact) mass is 217 g/mol. The molecule has 0 fully saturated rings. The number of benzene rings is 1. The molecule has 5 nitrogen and oxygen atoms in total. The summed E-state index contributed by atoms with van der Waals surface area (Å²) in [4.78, 5) is 17.6. The number of hydrogen-bond donors (Lipinski definition) is 3. The second-order valence-corrected chi connectivity index (χ2v) is 3.52. The average Bonchev–Trinajstić information content (AvgIpc) is 2.19. The molecule has 1 aromatic heterocycles. The third kappa shape index (κ3) is 1.75. The summed E-state index contributed by atoms with van der Waals surface area (Å²) < 4.78 is 0. The topological polar surface area (TPSA) is 92.0 Å². The molecule has 0 saturated carbocycles. The van der Waals surface area contributed by atoms with Gasteiger partial charge in [-0.25, -0.2) is 0 Å². The number of aryl methyl sites for hydroxylation is 1. The fourth-order valence-corrected chi connectivity index (χ4v) is 1.46. The Morgan fingerprint density at radius 3 is 2.50 bits per heavy atom. The molecular formula is C11H11N3O2. The molecule has 1 heterocycles. The van der Waals surface area contributed by atoms with Gasteiger partial charge in [-0.2, -0.15) is 4.98 Å². The lowest BCUT2D eigenvalue weighted by Crippen LogP contribution is -2.13. The summed E-state index contributed by atoms with van der Waals surface area (Å²) in [5, 5.41) is 9.58. The van der Waals surface area contributed by atoms with Gasteiger partial charge in [-0.15, -0.1) is 0 Å². The number of aromatic nitrogens is 2. The van der Waals surface area contributed by atoms with Crippen LogP contribution in [-0.2, 0) is 0 Å². The number of nitrogens with zero attached hydrogens (tertiary/aromatic N) is 1. The van der Waals surface area contributed by atoms with E-state index in [1.54, 1.807) is 12.1 Å². The van der Waals surface area contributed by atoms with Crippen LogP contribution in [0.15, 0.2) is 29.1 Å². The molecule has 1 aromatic carbocycles. The summed E-state index contributed by atoms with van der Waals surface area (Å²) in [6, 6.07) is 7.20. The van der Waals surface area contributed by atoms with Crippen LogP contribution in [0.5, 0.6) is 5.88 Å². The third-order valence-corrected chi connectivity index (χ3v) is 2.26. The Bertz CT molecular complexity index is 573. The molecule has 2 rings (SSSR count). The van der Waals surface area contributed by atoms with Gasteiger partial charge in [0, 0.05) is 0 Å². The molecule has 5 heteroatoms. The van der Waals surface area contributed by atoms with Crippen LogP contribution < -0.4 is 11.3 Å². The Morgan fingerprint density at radius 1 is 1.31 bits per heavy atom. The van der Waals surface area contributed by atoms with E-state index in [0.29, 0.717) is 5.56 Å². The van der Waals surface area contributed by atoms with Gasteiger partial charge in [-0.1, -0.05) is 29.8 Å². The SMILES string of the molecule is Cc1ccc(-c2c(O)nc(N)[nH]c2=O)cc1. The highest BCUT2D eigenvalue weighted by Gasteiger charge is 2.11. The predicted molar refractivity (Wildman–Crippen MR) is 61.1 cm³/mol. The van der Waals surface area contributed by atoms with E-state index in [1.165, 1.54) is 0 Å². The fraction of sp³-hybridized carbons (Fsp3) is 0.0909. The molecule has 0 amide bonds. The highest BCUT2D eigenvalue weighted by atomic mass is 16.3. The van der Waals surface area contributed by atoms with Crippen molar-refractivity contribution in [3.05, 3.63) is 40.2 Å². The lowest BCUT2D eigenvalue weighted by atomic mass is 10.1. The molecule has 4 N–H and O–H groups in total. The molecular weight excluding hydrogens is 206 g/mol. The maximum absolute atomic E-state index is 11.6. The smallest absolute Gasteiger partial charge is 0.264 e. The van der Waals surface area contributed by atoms with Crippen LogP contribution in [0.2, 0.25) is 0 Å². The van der Waals surface area contributed by atoms with Gasteiger partial charge in [-0.3, -0.25) is 9.78 Å². The van der Waals surface area contributed by atoms with Crippen molar-refractivity contribution in [1.82, 2.24) is 9.97 Å². The number of hydrogen-bond acceptors (Lipinski definition) is 4. The van der Waals surface area contributed by atoms with Gasteiger partial charge in [0.15, 0.2) is 0 Å². The van der Waals surface area contributed by atoms with E-state index in [1.807, 2.05) is 19.1 Å². The number of nitrogen functional groups attached to an aromatic ring is 1. The van der Waals surface area contributed by atoms with E-state index < -0.39 is 5.56 Å². The molecule has 0 spiro atoms. The summed E-state index contributed by atoms with van der Waals surface area (Å²) >= 11 is 0. The maximum atomic E-state index is 11.6. The minimum absolute atomic E-state index is 0.0987. The van der Waals surface area contributed by atoms with E-state index in [4.69, 9.17) is 5.73 Å². The summed E-state index contributed by atoms with van der Waals surface area (Å²) in [6.45, 7) is 1.94. The van der Waals surface area contributed by atoms with Crippen molar-refractivity contribution in [3.8, 4) is 17.0 Å². The van der Waals surface area contributed by atoms with Crippen LogP contribution in [0.3, 0.4) is 0 Å². The Kier molecular flexibility index (Phi) is 2.36. The van der Waals surface area contributed by atoms with Crippen molar-refractivity contribution >= 4 is 5.95 Å². The first-order valence-corrected chi connectivity index (χ1v) is 4.73. The maximum Gasteiger partial charge on any atom is 0.264 e. The van der Waals surface area contributed by atoms with Crippen LogP contribution in [0.25, 0.3) is 11.1 Å². The molecule has 0 saturated heterocycles. The minimum atomic E-state index is -0.450. The first-order chi connectivity index (χ1) is 7.58. The first-order valence-electron chi connectivity index (χ1n) is 4.73. The van der Waals surface area contributed by atoms with E-state index >= 15 is 0 Å². The van der Waals surface area contributed by atoms with E-state index in [2.05, 4.69) is 9.97 Å². The molecule has 2 aromatic rings. The molecule has 0 aliphatic rings. The zero-order chi connectivity index (χ0) is 11.7. The van der Waals surface area contributed by atoms with Gasteiger partial charge in [0.2, 0.25) is 11.8 Å². The van der Waals surface area contributed by atoms with Gasteiger partial charge < -0.3 is 10.8 Å². The summed E-state index contributed by atoms with van der Waals surface area (Å²) in [7, 11) is 0. The molecule has 0 atom stereocenters. The van der Waals surface area contributed by atoms with Crippen LogP contribution in [0.4, 0.5) is 5.95 Å². The number of aromatic amines is 1. The van der Waals surface area contributed by atoms with E-state index in [9.17, 15) is 9.90 Å². The highest BCUT2D eigenvalue weighted by Crippen LogP contribution is 2.23. The van der Waals surface area contributed by atoms with Crippen LogP contribution in [-0.4, -0.2) is 15.1 Å². The van der Waals surface area contributed by atoms with E-state index in [0.717, 1.165) is 5.56 Å². The normalized spacial score (nSPS) is 10.3. The highest BCUT2D eigenvalue weighted by molar-refractivity contribution is 5.67. The lowest BCUT2D eigenvalue weighted by molar-refractivity contribution is 0.454. The molecule has 0 aliphatic carbocycles. The van der Waals surface area contributed by atoms with Crippen LogP contribution in [0.1, 0.15) is 5.56 Å². The van der Waals surface area contributed by atoms with Gasteiger partial charge in [0.1, 0.15) is 5.56 Å². The number of nitrogens with one attached hydrogen (secondary N) is 1. The Labute approximate surface area is 91.6 Å². The molecule has 0 bridgehead atoms. The first kappa shape index (κ1) is 10.2. The third-order valence-electron chi connectivity index (χ3n) is 2.26. The van der Waals surface area contributed by atoms with Crippen molar-refractivity contribution in [3.63, 3.8) is 0 Å². The summed E-state index contributed by atoms with van der Waals surface area (Å²) in [6.07, 6.45) is 0. The number of anilines is 1. The summed E-state index contributed by atoms with van der Waals surface area (Å²) in [5.74, 6) is -0.455. The average molecular weight is 217 g/mol. The van der Waals surface area contributed by atoms with Crippen molar-refractivity contribution in [2.24, 2.45) is 0 Å². The molecule has 16 heavy (non-hydrogen) atoms. The number of H-pyrrole nitrogens is 1. The quantitative estimate of drug-likeness (QED) is 0.665. The Morgan fingerprint density at radius 2 is 1.94 bits per heavy atom. The second-order valence-electron chi connectivity index (χ2n) is 3.52. The zero-order valence-electron chi connectivity index (χ0n) is 8.69. The van der Waals surface area contributed by atoms with Gasteiger partial charge in [0.05, 0.1) is 0 Å². The summed E-state index contributed by atoms with van der Waals surface area (Å²) in [5.41, 5.74) is 6.67. The minimum Gasteiger partial charge on any atom is -0.493 e. The molecule has 0 radical (unpaired) electrons. The van der Waals surface area contributed by atoms with Gasteiger partial charge >= 0.3 is 0 Å². The van der Waals surface area contributed by atoms with Crippen molar-refractivity contribution in [2.75, 3.05) is 5.73 Å². The Balaban J connectivity index is 2.65. The van der Waals surface area contributed by atoms with Gasteiger partial charge in [-0.05, 0) is 12.5 Å². The van der Waals surface area contributed by atoms with Crippen molar-refractivity contribution in [1.29, 1.82) is 0 Å². The van der Waals surface area contributed by atoms with Crippen molar-refractivity contribution in [2.45, 2.75) is 6.92 Å². The van der Waals surface area contributed by atoms with Crippen molar-refractivity contribution < 1.29 is 5.11 Å². The molecule has 0 aliphatic heterocycles. The number of aromatic hydroxyl groups is 1. The zero-order valence-corrected chi connectivity index (χ0v) is 8.69. The fourth-order valence-electron chi connectivity index (χ4n) is 1.46. The number of nitrogens with two attached hydrogens (primary N) is 1. The predicted octanol–water partition coefficient (Wildman–Crippen LogP) is 1.03. The Hall–Kier alpha value is -2.30. The van der Waals surface area contributed by atoms with E-state index in [-0.39, 0.29) is 17.4 Å². The van der Waals surface area contributed by atoms with Gasteiger partial charge in [0.25, 0.3) is 5.56 Å². The standard InChI is InChI=1S/C11H11N3O2/c1-6-2-4-7(5-3-6)8-9(15)13-11(12)14-10(8)16/h2-5H,1H3,(H4,12,13,14,15,16).